The summed E-state index contributed by atoms with van der Waals surface area (Å²) in [7, 11) is 4.60. The van der Waals surface area contributed by atoms with Crippen LogP contribution in [0.1, 0.15) is 15.9 Å². The van der Waals surface area contributed by atoms with E-state index in [-0.39, 0.29) is 23.5 Å². The molecule has 0 saturated carbocycles. The number of hydrogen-bond donors (Lipinski definition) is 1. The van der Waals surface area contributed by atoms with Gasteiger partial charge in [0.1, 0.15) is 23.0 Å². The predicted molar refractivity (Wildman–Crippen MR) is 82.2 cm³/mol. The highest BCUT2D eigenvalue weighted by Crippen LogP contribution is 2.28. The molecule has 0 atom stereocenters. The lowest BCUT2D eigenvalue weighted by Gasteiger charge is -2.11. The SMILES string of the molecule is COc1ccc(C(=O)Cc2ccc(OC)cc2OC)c(O)c1. The molecular weight excluding hydrogens is 284 g/mol. The largest absolute Gasteiger partial charge is 0.507 e. The summed E-state index contributed by atoms with van der Waals surface area (Å²) < 4.78 is 15.4. The molecule has 0 fully saturated rings. The van der Waals surface area contributed by atoms with Crippen LogP contribution < -0.4 is 14.2 Å². The first-order chi connectivity index (χ1) is 10.6. The normalized spacial score (nSPS) is 10.1. The summed E-state index contributed by atoms with van der Waals surface area (Å²) in [5.74, 6) is 1.41. The van der Waals surface area contributed by atoms with E-state index in [4.69, 9.17) is 14.2 Å². The molecule has 0 aliphatic carbocycles. The zero-order valence-corrected chi connectivity index (χ0v) is 12.8. The highest BCUT2D eigenvalue weighted by molar-refractivity contribution is 6.00. The minimum Gasteiger partial charge on any atom is -0.507 e. The van der Waals surface area contributed by atoms with E-state index in [0.717, 1.165) is 5.56 Å². The quantitative estimate of drug-likeness (QED) is 0.831. The molecule has 2 aromatic carbocycles. The summed E-state index contributed by atoms with van der Waals surface area (Å²) in [6.45, 7) is 0. The van der Waals surface area contributed by atoms with Crippen LogP contribution in [-0.4, -0.2) is 32.2 Å². The van der Waals surface area contributed by atoms with Gasteiger partial charge in [-0.2, -0.15) is 0 Å². The molecule has 22 heavy (non-hydrogen) atoms. The zero-order valence-electron chi connectivity index (χ0n) is 12.8. The number of rotatable bonds is 6. The third-order valence-electron chi connectivity index (χ3n) is 3.35. The fourth-order valence-corrected chi connectivity index (χ4v) is 2.14. The summed E-state index contributed by atoms with van der Waals surface area (Å²) in [4.78, 5) is 12.4. The van der Waals surface area contributed by atoms with Crippen molar-refractivity contribution in [3.05, 3.63) is 47.5 Å². The van der Waals surface area contributed by atoms with Gasteiger partial charge >= 0.3 is 0 Å². The molecule has 0 spiro atoms. The fourth-order valence-electron chi connectivity index (χ4n) is 2.14. The van der Waals surface area contributed by atoms with E-state index in [9.17, 15) is 9.90 Å². The van der Waals surface area contributed by atoms with Gasteiger partial charge in [0.15, 0.2) is 5.78 Å². The molecule has 0 aliphatic heterocycles. The van der Waals surface area contributed by atoms with Gasteiger partial charge in [-0.1, -0.05) is 6.07 Å². The molecule has 0 radical (unpaired) electrons. The second kappa shape index (κ2) is 6.85. The number of aromatic hydroxyl groups is 1. The molecule has 5 heteroatoms. The zero-order chi connectivity index (χ0) is 16.1. The van der Waals surface area contributed by atoms with Crippen molar-refractivity contribution < 1.29 is 24.1 Å². The highest BCUT2D eigenvalue weighted by atomic mass is 16.5. The Labute approximate surface area is 129 Å². The van der Waals surface area contributed by atoms with Gasteiger partial charge in [-0.15, -0.1) is 0 Å². The molecular formula is C17H18O5. The number of ketones is 1. The molecule has 116 valence electrons. The van der Waals surface area contributed by atoms with Gasteiger partial charge in [0.2, 0.25) is 0 Å². The van der Waals surface area contributed by atoms with Crippen LogP contribution in [0.15, 0.2) is 36.4 Å². The van der Waals surface area contributed by atoms with E-state index in [0.29, 0.717) is 17.2 Å². The number of methoxy groups -OCH3 is 3. The summed E-state index contributed by atoms with van der Waals surface area (Å²) in [6.07, 6.45) is 0.118. The summed E-state index contributed by atoms with van der Waals surface area (Å²) >= 11 is 0. The Morgan fingerprint density at radius 1 is 0.955 bits per heavy atom. The smallest absolute Gasteiger partial charge is 0.171 e. The molecule has 0 bridgehead atoms. The second-order valence-electron chi connectivity index (χ2n) is 4.66. The van der Waals surface area contributed by atoms with Crippen molar-refractivity contribution in [2.45, 2.75) is 6.42 Å². The Morgan fingerprint density at radius 2 is 1.59 bits per heavy atom. The van der Waals surface area contributed by atoms with Crippen molar-refractivity contribution in [2.75, 3.05) is 21.3 Å². The second-order valence-corrected chi connectivity index (χ2v) is 4.66. The van der Waals surface area contributed by atoms with Gasteiger partial charge in [-0.3, -0.25) is 4.79 Å². The van der Waals surface area contributed by atoms with Gasteiger partial charge in [0.25, 0.3) is 0 Å². The Morgan fingerprint density at radius 3 is 2.18 bits per heavy atom. The predicted octanol–water partition coefficient (Wildman–Crippen LogP) is 2.84. The standard InChI is InChI=1S/C17H18O5/c1-20-12-6-7-14(16(19)9-12)15(18)8-11-4-5-13(21-2)10-17(11)22-3/h4-7,9-10,19H,8H2,1-3H3. The number of hydrogen-bond acceptors (Lipinski definition) is 5. The van der Waals surface area contributed by atoms with Crippen LogP contribution in [0.25, 0.3) is 0 Å². The Hall–Kier alpha value is -2.69. The minimum absolute atomic E-state index is 0.100. The molecule has 5 nitrogen and oxygen atoms in total. The van der Waals surface area contributed by atoms with Gasteiger partial charge < -0.3 is 19.3 Å². The lowest BCUT2D eigenvalue weighted by atomic mass is 10.0. The molecule has 0 aliphatic rings. The molecule has 0 aromatic heterocycles. The van der Waals surface area contributed by atoms with Gasteiger partial charge in [0, 0.05) is 24.1 Å². The topological polar surface area (TPSA) is 65.0 Å². The van der Waals surface area contributed by atoms with Crippen LogP contribution in [-0.2, 0) is 6.42 Å². The maximum absolute atomic E-state index is 12.4. The summed E-state index contributed by atoms with van der Waals surface area (Å²) in [6, 6.07) is 9.86. The molecule has 0 unspecified atom stereocenters. The van der Waals surface area contributed by atoms with Crippen molar-refractivity contribution in [2.24, 2.45) is 0 Å². The van der Waals surface area contributed by atoms with Crippen LogP contribution in [0.4, 0.5) is 0 Å². The van der Waals surface area contributed by atoms with E-state index < -0.39 is 0 Å². The first kappa shape index (κ1) is 15.7. The minimum atomic E-state index is -0.205. The molecule has 0 saturated heterocycles. The number of benzene rings is 2. The first-order valence-corrected chi connectivity index (χ1v) is 6.70. The van der Waals surface area contributed by atoms with Crippen LogP contribution in [0, 0.1) is 0 Å². The summed E-state index contributed by atoms with van der Waals surface area (Å²) in [5, 5.41) is 9.93. The van der Waals surface area contributed by atoms with Crippen LogP contribution in [0.3, 0.4) is 0 Å². The van der Waals surface area contributed by atoms with Crippen LogP contribution in [0.5, 0.6) is 23.0 Å². The summed E-state index contributed by atoms with van der Waals surface area (Å²) in [5.41, 5.74) is 0.974. The number of carbonyl (C=O) groups excluding carboxylic acids is 1. The van der Waals surface area contributed by atoms with Crippen molar-refractivity contribution in [3.8, 4) is 23.0 Å². The molecule has 2 rings (SSSR count). The van der Waals surface area contributed by atoms with E-state index in [1.807, 2.05) is 0 Å². The lowest BCUT2D eigenvalue weighted by molar-refractivity contribution is 0.0989. The van der Waals surface area contributed by atoms with E-state index in [2.05, 4.69) is 0 Å². The van der Waals surface area contributed by atoms with Crippen molar-refractivity contribution in [3.63, 3.8) is 0 Å². The van der Waals surface area contributed by atoms with Crippen LogP contribution in [0.2, 0.25) is 0 Å². The fraction of sp³-hybridized carbons (Fsp3) is 0.235. The molecule has 2 aromatic rings. The van der Waals surface area contributed by atoms with E-state index >= 15 is 0 Å². The monoisotopic (exact) mass is 302 g/mol. The first-order valence-electron chi connectivity index (χ1n) is 6.70. The molecule has 0 amide bonds. The van der Waals surface area contributed by atoms with E-state index in [1.165, 1.54) is 20.3 Å². The third-order valence-corrected chi connectivity index (χ3v) is 3.35. The van der Waals surface area contributed by atoms with Gasteiger partial charge in [-0.25, -0.2) is 0 Å². The lowest BCUT2D eigenvalue weighted by Crippen LogP contribution is -2.05. The number of carbonyl (C=O) groups is 1. The maximum Gasteiger partial charge on any atom is 0.171 e. The van der Waals surface area contributed by atoms with Gasteiger partial charge in [0.05, 0.1) is 26.9 Å². The number of phenolic OH excluding ortho intramolecular Hbond substituents is 1. The van der Waals surface area contributed by atoms with E-state index in [1.54, 1.807) is 37.4 Å². The number of Topliss-reactive ketones (excluding diaryl/α,β-unsaturated/α-hetero) is 1. The van der Waals surface area contributed by atoms with Crippen molar-refractivity contribution in [1.82, 2.24) is 0 Å². The van der Waals surface area contributed by atoms with Crippen molar-refractivity contribution in [1.29, 1.82) is 0 Å². The van der Waals surface area contributed by atoms with Crippen molar-refractivity contribution >= 4 is 5.78 Å². The highest BCUT2D eigenvalue weighted by Gasteiger charge is 2.15. The number of ether oxygens (including phenoxy) is 3. The third kappa shape index (κ3) is 3.31. The Balaban J connectivity index is 2.25. The maximum atomic E-state index is 12.4. The van der Waals surface area contributed by atoms with Gasteiger partial charge in [-0.05, 0) is 18.2 Å². The Kier molecular flexibility index (Phi) is 4.88. The average Bonchev–Trinajstić information content (AvgIpc) is 2.54. The average molecular weight is 302 g/mol. The number of phenols is 1. The Bertz CT molecular complexity index is 679. The van der Waals surface area contributed by atoms with Crippen LogP contribution >= 0.6 is 0 Å². The molecule has 1 N–H and O–H groups in total. The molecule has 0 heterocycles.